The monoisotopic (exact) mass is 598 g/mol. The minimum atomic E-state index is -1.00. The molecule has 12 nitrogen and oxygen atoms in total. The second-order valence-corrected chi connectivity index (χ2v) is 11.2. The van der Waals surface area contributed by atoms with Gasteiger partial charge < -0.3 is 35.4 Å². The Morgan fingerprint density at radius 1 is 1.14 bits per heavy atom. The van der Waals surface area contributed by atoms with Crippen molar-refractivity contribution in [1.29, 1.82) is 0 Å². The van der Waals surface area contributed by atoms with Crippen molar-refractivity contribution < 1.29 is 38.6 Å². The molecule has 2 amide bonds. The Morgan fingerprint density at radius 3 is 2.40 bits per heavy atom. The molecule has 234 valence electrons. The predicted octanol–water partition coefficient (Wildman–Crippen LogP) is 2.94. The SMILES string of the molecule is CO[C@H]1C[C@H](C)CC2=C(N3CCC3)C(=O)C=C(NC(=O)/C(C)=C/C=C\[C@H](OC)[C@@H](OC(N)=O)/C(C)=C/[C@H](C)/C1=N\O)C2=O. The molecule has 0 aromatic carbocycles. The molecule has 1 fully saturated rings. The van der Waals surface area contributed by atoms with Crippen LogP contribution in [0, 0.1) is 11.8 Å². The second kappa shape index (κ2) is 14.9. The molecule has 12 heteroatoms. The summed E-state index contributed by atoms with van der Waals surface area (Å²) in [4.78, 5) is 53.7. The Balaban J connectivity index is 2.11. The lowest BCUT2D eigenvalue weighted by atomic mass is 9.84. The first-order valence-electron chi connectivity index (χ1n) is 14.3. The molecule has 4 N–H and O–H groups in total. The number of Topliss-reactive ketones (excluding diaryl/α,β-unsaturated/α-hetero) is 1. The van der Waals surface area contributed by atoms with E-state index in [1.807, 2.05) is 18.7 Å². The summed E-state index contributed by atoms with van der Waals surface area (Å²) in [6.07, 6.45) is 5.79. The van der Waals surface area contributed by atoms with Crippen LogP contribution in [0.25, 0.3) is 0 Å². The molecule has 0 spiro atoms. The summed E-state index contributed by atoms with van der Waals surface area (Å²) in [5.41, 5.74) is 7.14. The minimum absolute atomic E-state index is 0.0878. The van der Waals surface area contributed by atoms with E-state index in [9.17, 15) is 24.4 Å². The summed E-state index contributed by atoms with van der Waals surface area (Å²) >= 11 is 0. The number of allylic oxidation sites excluding steroid dienone is 5. The third-order valence-electron chi connectivity index (χ3n) is 7.88. The first-order valence-corrected chi connectivity index (χ1v) is 14.3. The Bertz CT molecular complexity index is 1300. The maximum atomic E-state index is 13.7. The van der Waals surface area contributed by atoms with Crippen LogP contribution in [0.15, 0.2) is 63.6 Å². The Labute approximate surface area is 252 Å². The van der Waals surface area contributed by atoms with E-state index in [2.05, 4.69) is 10.5 Å². The number of methoxy groups -OCH3 is 2. The van der Waals surface area contributed by atoms with Gasteiger partial charge >= 0.3 is 6.09 Å². The molecule has 43 heavy (non-hydrogen) atoms. The first-order chi connectivity index (χ1) is 20.4. The maximum absolute atomic E-state index is 13.7. The molecule has 2 aliphatic heterocycles. The number of primary amides is 1. The van der Waals surface area contributed by atoms with Crippen LogP contribution in [-0.2, 0) is 28.6 Å². The Hall–Kier alpha value is -4.03. The normalized spacial score (nSPS) is 32.2. The second-order valence-electron chi connectivity index (χ2n) is 11.2. The van der Waals surface area contributed by atoms with Crippen LogP contribution in [0.2, 0.25) is 0 Å². The molecular formula is C31H42N4O8. The molecule has 1 aliphatic carbocycles. The predicted molar refractivity (Wildman–Crippen MR) is 159 cm³/mol. The van der Waals surface area contributed by atoms with Crippen molar-refractivity contribution in [3.05, 3.63) is 58.5 Å². The molecule has 3 aliphatic rings. The standard InChI is InChI=1S/C31H42N4O8/c1-17-13-21-27(35-11-8-12-35)23(36)16-22(28(21)37)33-30(38)18(2)9-7-10-24(41-5)29(43-31(32)39)20(4)15-19(3)26(34-40)25(14-17)42-6/h7,9-10,15-17,19,24-25,29,40H,8,11-14H2,1-6H3,(H2,32,39)(H,33,38)/b10-7-,18-9+,20-15+,34-26+/t17-,19+,24+,25+,29+/m1/s1. The van der Waals surface area contributed by atoms with Crippen molar-refractivity contribution in [1.82, 2.24) is 10.2 Å². The van der Waals surface area contributed by atoms with E-state index in [-0.39, 0.29) is 29.4 Å². The Kier molecular flexibility index (Phi) is 11.6. The molecule has 0 radical (unpaired) electrons. The smallest absolute Gasteiger partial charge is 0.405 e. The zero-order valence-electron chi connectivity index (χ0n) is 25.6. The summed E-state index contributed by atoms with van der Waals surface area (Å²) in [7, 11) is 2.93. The summed E-state index contributed by atoms with van der Waals surface area (Å²) in [5.74, 6) is -1.94. The lowest BCUT2D eigenvalue weighted by molar-refractivity contribution is -0.120. The minimum Gasteiger partial charge on any atom is -0.439 e. The van der Waals surface area contributed by atoms with Gasteiger partial charge in [0.1, 0.15) is 6.10 Å². The summed E-state index contributed by atoms with van der Waals surface area (Å²) in [5, 5.41) is 16.2. The topological polar surface area (TPSA) is 170 Å². The Morgan fingerprint density at radius 2 is 1.84 bits per heavy atom. The third kappa shape index (κ3) is 8.08. The number of hydrogen-bond donors (Lipinski definition) is 3. The van der Waals surface area contributed by atoms with Gasteiger partial charge in [0, 0.05) is 50.4 Å². The maximum Gasteiger partial charge on any atom is 0.405 e. The number of oxime groups is 1. The molecule has 2 bridgehead atoms. The van der Waals surface area contributed by atoms with Gasteiger partial charge in [0.05, 0.1) is 23.2 Å². The average Bonchev–Trinajstić information content (AvgIpc) is 2.92. The van der Waals surface area contributed by atoms with Crippen molar-refractivity contribution in [3.8, 4) is 0 Å². The number of nitrogens with two attached hydrogens (primary N) is 1. The highest BCUT2D eigenvalue weighted by Gasteiger charge is 2.36. The number of fused-ring (bicyclic) bond motifs is 2. The van der Waals surface area contributed by atoms with E-state index < -0.39 is 42.0 Å². The van der Waals surface area contributed by atoms with Crippen LogP contribution >= 0.6 is 0 Å². The number of ketones is 2. The molecule has 3 rings (SSSR count). The van der Waals surface area contributed by atoms with Crippen LogP contribution < -0.4 is 11.1 Å². The van der Waals surface area contributed by atoms with Crippen molar-refractivity contribution in [2.45, 2.75) is 65.3 Å². The number of carbonyl (C=O) groups is 4. The molecule has 1 saturated heterocycles. The number of likely N-dealkylation sites (tertiary alicyclic amines) is 1. The van der Waals surface area contributed by atoms with Crippen molar-refractivity contribution in [2.75, 3.05) is 27.3 Å². The van der Waals surface area contributed by atoms with E-state index in [1.165, 1.54) is 26.4 Å². The quantitative estimate of drug-likeness (QED) is 0.191. The number of carbonyl (C=O) groups excluding carboxylic acids is 4. The number of amides is 2. The number of ether oxygens (including phenoxy) is 3. The number of rotatable bonds is 4. The summed E-state index contributed by atoms with van der Waals surface area (Å²) in [6.45, 7) is 8.37. The van der Waals surface area contributed by atoms with Gasteiger partial charge in [-0.1, -0.05) is 43.3 Å². The lowest BCUT2D eigenvalue weighted by Crippen LogP contribution is -2.43. The molecule has 0 aromatic rings. The largest absolute Gasteiger partial charge is 0.439 e. The highest BCUT2D eigenvalue weighted by Crippen LogP contribution is 2.31. The van der Waals surface area contributed by atoms with Crippen molar-refractivity contribution >= 4 is 29.3 Å². The van der Waals surface area contributed by atoms with Gasteiger partial charge in [-0.2, -0.15) is 0 Å². The molecule has 0 aromatic heterocycles. The average molecular weight is 599 g/mol. The van der Waals surface area contributed by atoms with E-state index in [1.54, 1.807) is 32.1 Å². The molecular weight excluding hydrogens is 556 g/mol. The fourth-order valence-corrected chi connectivity index (χ4v) is 5.46. The van der Waals surface area contributed by atoms with Crippen LogP contribution in [0.5, 0.6) is 0 Å². The van der Waals surface area contributed by atoms with E-state index in [4.69, 9.17) is 19.9 Å². The number of hydrogen-bond acceptors (Lipinski definition) is 10. The summed E-state index contributed by atoms with van der Waals surface area (Å²) < 4.78 is 16.7. The molecule has 2 heterocycles. The highest BCUT2D eigenvalue weighted by atomic mass is 16.6. The van der Waals surface area contributed by atoms with E-state index in [0.29, 0.717) is 42.1 Å². The third-order valence-corrected chi connectivity index (χ3v) is 7.88. The van der Waals surface area contributed by atoms with Gasteiger partial charge in [0.25, 0.3) is 5.91 Å². The molecule has 0 unspecified atom stereocenters. The molecule has 5 atom stereocenters. The fourth-order valence-electron chi connectivity index (χ4n) is 5.46. The zero-order valence-corrected chi connectivity index (χ0v) is 25.6. The lowest BCUT2D eigenvalue weighted by Gasteiger charge is -2.37. The van der Waals surface area contributed by atoms with Crippen LogP contribution in [0.4, 0.5) is 4.79 Å². The number of nitrogens with one attached hydrogen (secondary N) is 1. The first kappa shape index (κ1) is 33.5. The van der Waals surface area contributed by atoms with Crippen molar-refractivity contribution in [2.24, 2.45) is 22.7 Å². The zero-order chi connectivity index (χ0) is 31.8. The van der Waals surface area contributed by atoms with Gasteiger partial charge in [-0.25, -0.2) is 4.79 Å². The van der Waals surface area contributed by atoms with Crippen molar-refractivity contribution in [3.63, 3.8) is 0 Å². The van der Waals surface area contributed by atoms with E-state index in [0.717, 1.165) is 6.42 Å². The van der Waals surface area contributed by atoms with Crippen LogP contribution in [-0.4, -0.2) is 85.0 Å². The fraction of sp³-hybridized carbons (Fsp3) is 0.516. The number of nitrogens with zero attached hydrogens (tertiary/aromatic N) is 2. The van der Waals surface area contributed by atoms with E-state index >= 15 is 0 Å². The van der Waals surface area contributed by atoms with Gasteiger partial charge in [-0.15, -0.1) is 0 Å². The highest BCUT2D eigenvalue weighted by molar-refractivity contribution is 6.23. The van der Waals surface area contributed by atoms with Gasteiger partial charge in [-0.3, -0.25) is 14.4 Å². The van der Waals surface area contributed by atoms with Gasteiger partial charge in [0.15, 0.2) is 6.10 Å². The molecule has 0 saturated carbocycles. The van der Waals surface area contributed by atoms with Gasteiger partial charge in [-0.05, 0) is 44.6 Å². The van der Waals surface area contributed by atoms with Gasteiger partial charge in [0.2, 0.25) is 11.6 Å². The van der Waals surface area contributed by atoms with Crippen LogP contribution in [0.1, 0.15) is 47.0 Å². The van der Waals surface area contributed by atoms with Crippen LogP contribution in [0.3, 0.4) is 0 Å². The summed E-state index contributed by atoms with van der Waals surface area (Å²) in [6, 6.07) is 0.